The van der Waals surface area contributed by atoms with E-state index in [2.05, 4.69) is 20.8 Å². The van der Waals surface area contributed by atoms with Gasteiger partial charge in [-0.2, -0.15) is 0 Å². The fraction of sp³-hybridized carbons (Fsp3) is 0.238. The summed E-state index contributed by atoms with van der Waals surface area (Å²) >= 11 is 0. The second kappa shape index (κ2) is 6.20. The lowest BCUT2D eigenvalue weighted by molar-refractivity contribution is 0.0735. The van der Waals surface area contributed by atoms with E-state index in [4.69, 9.17) is 9.15 Å². The SMILES string of the molecule is Cc1cc(=O)oc2cc(OC(=O)c3ccc(C(C)(C)C)cc3)ccc12. The molecule has 0 spiro atoms. The van der Waals surface area contributed by atoms with Crippen molar-refractivity contribution in [2.75, 3.05) is 0 Å². The van der Waals surface area contributed by atoms with Crippen LogP contribution < -0.4 is 10.4 Å². The van der Waals surface area contributed by atoms with Crippen molar-refractivity contribution in [3.8, 4) is 5.75 Å². The molecule has 0 unspecified atom stereocenters. The van der Waals surface area contributed by atoms with Gasteiger partial charge in [0.1, 0.15) is 11.3 Å². The van der Waals surface area contributed by atoms with Gasteiger partial charge in [-0.3, -0.25) is 0 Å². The van der Waals surface area contributed by atoms with Crippen LogP contribution in [-0.4, -0.2) is 5.97 Å². The minimum atomic E-state index is -0.449. The van der Waals surface area contributed by atoms with E-state index in [0.717, 1.165) is 16.5 Å². The lowest BCUT2D eigenvalue weighted by Crippen LogP contribution is -2.13. The Bertz CT molecular complexity index is 989. The molecule has 0 N–H and O–H groups in total. The van der Waals surface area contributed by atoms with Crippen LogP contribution in [0.2, 0.25) is 0 Å². The molecule has 3 rings (SSSR count). The van der Waals surface area contributed by atoms with Gasteiger partial charge >= 0.3 is 11.6 Å². The molecule has 1 aromatic heterocycles. The fourth-order valence-corrected chi connectivity index (χ4v) is 2.64. The zero-order valence-electron chi connectivity index (χ0n) is 14.8. The lowest BCUT2D eigenvalue weighted by Gasteiger charge is -2.18. The Morgan fingerprint density at radius 3 is 2.32 bits per heavy atom. The van der Waals surface area contributed by atoms with Crippen LogP contribution in [0.5, 0.6) is 5.75 Å². The normalized spacial score (nSPS) is 11.5. The van der Waals surface area contributed by atoms with Gasteiger partial charge in [-0.25, -0.2) is 9.59 Å². The van der Waals surface area contributed by atoms with Crippen molar-refractivity contribution in [2.24, 2.45) is 0 Å². The number of esters is 1. The van der Waals surface area contributed by atoms with Crippen molar-refractivity contribution in [3.05, 3.63) is 75.6 Å². The van der Waals surface area contributed by atoms with Crippen molar-refractivity contribution >= 4 is 16.9 Å². The highest BCUT2D eigenvalue weighted by Crippen LogP contribution is 2.24. The highest BCUT2D eigenvalue weighted by molar-refractivity contribution is 5.91. The first-order valence-electron chi connectivity index (χ1n) is 8.11. The molecule has 0 saturated heterocycles. The minimum Gasteiger partial charge on any atom is -0.423 e. The summed E-state index contributed by atoms with van der Waals surface area (Å²) in [5, 5.41) is 0.814. The lowest BCUT2D eigenvalue weighted by atomic mass is 9.87. The molecule has 2 aromatic carbocycles. The first-order chi connectivity index (χ1) is 11.7. The Balaban J connectivity index is 1.85. The smallest absolute Gasteiger partial charge is 0.343 e. The van der Waals surface area contributed by atoms with Crippen molar-refractivity contribution in [3.63, 3.8) is 0 Å². The Morgan fingerprint density at radius 2 is 1.68 bits per heavy atom. The molecule has 0 aliphatic heterocycles. The van der Waals surface area contributed by atoms with Gasteiger partial charge in [-0.15, -0.1) is 0 Å². The van der Waals surface area contributed by atoms with E-state index in [1.54, 1.807) is 30.3 Å². The molecule has 0 aliphatic carbocycles. The fourth-order valence-electron chi connectivity index (χ4n) is 2.64. The zero-order chi connectivity index (χ0) is 18.2. The Hall–Kier alpha value is -2.88. The first-order valence-corrected chi connectivity index (χ1v) is 8.11. The number of hydrogen-bond donors (Lipinski definition) is 0. The number of fused-ring (bicyclic) bond motifs is 1. The standard InChI is InChI=1S/C21H20O4/c1-13-11-19(22)25-18-12-16(9-10-17(13)18)24-20(23)14-5-7-15(8-6-14)21(2,3)4/h5-12H,1-4H3. The maximum Gasteiger partial charge on any atom is 0.343 e. The van der Waals surface area contributed by atoms with E-state index >= 15 is 0 Å². The number of rotatable bonds is 2. The third-order valence-electron chi connectivity index (χ3n) is 4.12. The van der Waals surface area contributed by atoms with Gasteiger partial charge in [-0.05, 0) is 47.7 Å². The Labute approximate surface area is 146 Å². The van der Waals surface area contributed by atoms with Crippen LogP contribution in [0.3, 0.4) is 0 Å². The second-order valence-electron chi connectivity index (χ2n) is 7.12. The Kier molecular flexibility index (Phi) is 4.21. The molecule has 0 radical (unpaired) electrons. The molecular formula is C21H20O4. The number of ether oxygens (including phenoxy) is 1. The highest BCUT2D eigenvalue weighted by atomic mass is 16.5. The number of aryl methyl sites for hydroxylation is 1. The van der Waals surface area contributed by atoms with Crippen LogP contribution in [0.4, 0.5) is 0 Å². The molecule has 25 heavy (non-hydrogen) atoms. The molecule has 0 fully saturated rings. The van der Waals surface area contributed by atoms with Gasteiger partial charge in [0.2, 0.25) is 0 Å². The molecule has 0 saturated carbocycles. The summed E-state index contributed by atoms with van der Waals surface area (Å²) in [7, 11) is 0. The van der Waals surface area contributed by atoms with E-state index in [0.29, 0.717) is 16.9 Å². The van der Waals surface area contributed by atoms with E-state index in [9.17, 15) is 9.59 Å². The van der Waals surface area contributed by atoms with Crippen LogP contribution >= 0.6 is 0 Å². The van der Waals surface area contributed by atoms with Crippen molar-refractivity contribution in [1.29, 1.82) is 0 Å². The van der Waals surface area contributed by atoms with Gasteiger partial charge in [0.25, 0.3) is 0 Å². The quantitative estimate of drug-likeness (QED) is 0.389. The van der Waals surface area contributed by atoms with Gasteiger partial charge in [0, 0.05) is 17.5 Å². The van der Waals surface area contributed by atoms with Crippen LogP contribution in [-0.2, 0) is 5.41 Å². The van der Waals surface area contributed by atoms with Gasteiger partial charge in [0.05, 0.1) is 5.56 Å². The largest absolute Gasteiger partial charge is 0.423 e. The third-order valence-corrected chi connectivity index (χ3v) is 4.12. The van der Waals surface area contributed by atoms with Crippen molar-refractivity contribution < 1.29 is 13.9 Å². The highest BCUT2D eigenvalue weighted by Gasteiger charge is 2.15. The van der Waals surface area contributed by atoms with E-state index < -0.39 is 11.6 Å². The molecular weight excluding hydrogens is 316 g/mol. The molecule has 0 amide bonds. The maximum absolute atomic E-state index is 12.3. The average Bonchev–Trinajstić information content (AvgIpc) is 2.53. The number of benzene rings is 2. The second-order valence-corrected chi connectivity index (χ2v) is 7.12. The summed E-state index contributed by atoms with van der Waals surface area (Å²) in [6.07, 6.45) is 0. The summed E-state index contributed by atoms with van der Waals surface area (Å²) < 4.78 is 10.6. The molecule has 3 aromatic rings. The number of carbonyl (C=O) groups is 1. The predicted octanol–water partition coefficient (Wildman–Crippen LogP) is 4.62. The Morgan fingerprint density at radius 1 is 1.00 bits per heavy atom. The molecule has 128 valence electrons. The van der Waals surface area contributed by atoms with Crippen LogP contribution in [0.25, 0.3) is 11.0 Å². The van der Waals surface area contributed by atoms with Gasteiger partial charge < -0.3 is 9.15 Å². The summed E-state index contributed by atoms with van der Waals surface area (Å²) in [4.78, 5) is 23.8. The summed E-state index contributed by atoms with van der Waals surface area (Å²) in [5.74, 6) is -0.110. The van der Waals surface area contributed by atoms with Gasteiger partial charge in [0.15, 0.2) is 0 Å². The molecule has 0 bridgehead atoms. The van der Waals surface area contributed by atoms with E-state index in [1.807, 2.05) is 19.1 Å². The topological polar surface area (TPSA) is 56.5 Å². The summed E-state index contributed by atoms with van der Waals surface area (Å²) in [5.41, 5.74) is 2.44. The van der Waals surface area contributed by atoms with E-state index in [-0.39, 0.29) is 5.41 Å². The molecule has 0 atom stereocenters. The summed E-state index contributed by atoms with van der Waals surface area (Å²) in [6.45, 7) is 8.18. The molecule has 4 nitrogen and oxygen atoms in total. The van der Waals surface area contributed by atoms with Crippen molar-refractivity contribution in [2.45, 2.75) is 33.1 Å². The predicted molar refractivity (Wildman–Crippen MR) is 97.3 cm³/mol. The zero-order valence-corrected chi connectivity index (χ0v) is 14.8. The molecule has 4 heteroatoms. The first kappa shape index (κ1) is 17.0. The van der Waals surface area contributed by atoms with Crippen molar-refractivity contribution in [1.82, 2.24) is 0 Å². The summed E-state index contributed by atoms with van der Waals surface area (Å²) in [6, 6.07) is 13.8. The third kappa shape index (κ3) is 3.63. The maximum atomic E-state index is 12.3. The molecule has 1 heterocycles. The van der Waals surface area contributed by atoms with Gasteiger partial charge in [-0.1, -0.05) is 32.9 Å². The van der Waals surface area contributed by atoms with Crippen LogP contribution in [0, 0.1) is 6.92 Å². The average molecular weight is 336 g/mol. The van der Waals surface area contributed by atoms with Crippen LogP contribution in [0.1, 0.15) is 42.3 Å². The van der Waals surface area contributed by atoms with Crippen LogP contribution in [0.15, 0.2) is 57.7 Å². The monoisotopic (exact) mass is 336 g/mol. The molecule has 0 aliphatic rings. The van der Waals surface area contributed by atoms with E-state index in [1.165, 1.54) is 6.07 Å². The minimum absolute atomic E-state index is 0.0240. The number of hydrogen-bond acceptors (Lipinski definition) is 4. The number of carbonyl (C=O) groups excluding carboxylic acids is 1.